The molecule has 128 valence electrons. The molecule has 7 heteroatoms. The first kappa shape index (κ1) is 16.6. The molecule has 24 heavy (non-hydrogen) atoms. The minimum Gasteiger partial charge on any atom is -0.369 e. The number of pyridine rings is 1. The Balaban J connectivity index is 1.52. The highest BCUT2D eigenvalue weighted by molar-refractivity contribution is 5.84. The Morgan fingerprint density at radius 1 is 1.42 bits per heavy atom. The van der Waals surface area contributed by atoms with Gasteiger partial charge in [0.15, 0.2) is 5.82 Å². The van der Waals surface area contributed by atoms with Crippen LogP contribution < -0.4 is 11.1 Å². The number of nitrogens with one attached hydrogen (secondary N) is 1. The summed E-state index contributed by atoms with van der Waals surface area (Å²) in [7, 11) is 0. The molecule has 0 saturated carbocycles. The maximum Gasteiger partial charge on any atom is 0.221 e. The van der Waals surface area contributed by atoms with Crippen molar-refractivity contribution < 1.29 is 4.79 Å². The standard InChI is InChI=1S/C17H24N6O/c1-12-5-6-14-15(22-12)17(21-11-20-14)19-7-3-9-23-8-2-4-13(10-23)16(18)24/h5-6,11,13H,2-4,7-10H2,1H3,(H2,18,24)(H,19,20,21). The first-order chi connectivity index (χ1) is 11.6. The summed E-state index contributed by atoms with van der Waals surface area (Å²) in [5.41, 5.74) is 8.03. The minimum absolute atomic E-state index is 0.00434. The molecule has 1 amide bonds. The van der Waals surface area contributed by atoms with Crippen molar-refractivity contribution >= 4 is 22.8 Å². The SMILES string of the molecule is Cc1ccc2ncnc(NCCCN3CCCC(C(N)=O)C3)c2n1. The summed E-state index contributed by atoms with van der Waals surface area (Å²) in [6.45, 7) is 5.54. The largest absolute Gasteiger partial charge is 0.369 e. The Morgan fingerprint density at radius 3 is 3.12 bits per heavy atom. The van der Waals surface area contributed by atoms with Gasteiger partial charge in [-0.1, -0.05) is 0 Å². The summed E-state index contributed by atoms with van der Waals surface area (Å²) in [6, 6.07) is 3.91. The van der Waals surface area contributed by atoms with Gasteiger partial charge in [-0.15, -0.1) is 0 Å². The number of anilines is 1. The van der Waals surface area contributed by atoms with E-state index in [1.165, 1.54) is 0 Å². The first-order valence-electron chi connectivity index (χ1n) is 8.47. The monoisotopic (exact) mass is 328 g/mol. The molecular formula is C17H24N6O. The van der Waals surface area contributed by atoms with Gasteiger partial charge in [-0.25, -0.2) is 15.0 Å². The Bertz CT molecular complexity index is 719. The third-order valence-corrected chi connectivity index (χ3v) is 4.47. The molecule has 3 heterocycles. The number of rotatable bonds is 6. The topological polar surface area (TPSA) is 97.0 Å². The summed E-state index contributed by atoms with van der Waals surface area (Å²) >= 11 is 0. The van der Waals surface area contributed by atoms with Crippen LogP contribution in [0.5, 0.6) is 0 Å². The number of primary amides is 1. The quantitative estimate of drug-likeness (QED) is 0.777. The number of carbonyl (C=O) groups excluding carboxylic acids is 1. The molecule has 2 aromatic heterocycles. The predicted molar refractivity (Wildman–Crippen MR) is 93.5 cm³/mol. The van der Waals surface area contributed by atoms with E-state index in [1.807, 2.05) is 19.1 Å². The number of likely N-dealkylation sites (tertiary alicyclic amines) is 1. The molecule has 7 nitrogen and oxygen atoms in total. The second kappa shape index (κ2) is 7.53. The fourth-order valence-corrected chi connectivity index (χ4v) is 3.17. The molecule has 0 bridgehead atoms. The first-order valence-corrected chi connectivity index (χ1v) is 8.47. The Labute approximate surface area is 141 Å². The lowest BCUT2D eigenvalue weighted by Crippen LogP contribution is -2.41. The highest BCUT2D eigenvalue weighted by Gasteiger charge is 2.23. The Kier molecular flexibility index (Phi) is 5.20. The number of amides is 1. The highest BCUT2D eigenvalue weighted by Crippen LogP contribution is 2.18. The Hall–Kier alpha value is -2.28. The van der Waals surface area contributed by atoms with Crippen LogP contribution in [0.4, 0.5) is 5.82 Å². The van der Waals surface area contributed by atoms with Crippen molar-refractivity contribution in [1.82, 2.24) is 19.9 Å². The van der Waals surface area contributed by atoms with E-state index in [-0.39, 0.29) is 11.8 Å². The molecule has 1 fully saturated rings. The maximum atomic E-state index is 11.3. The maximum absolute atomic E-state index is 11.3. The van der Waals surface area contributed by atoms with Crippen molar-refractivity contribution in [2.75, 3.05) is 31.5 Å². The highest BCUT2D eigenvalue weighted by atomic mass is 16.1. The van der Waals surface area contributed by atoms with Crippen LogP contribution in [-0.2, 0) is 4.79 Å². The zero-order valence-electron chi connectivity index (χ0n) is 14.0. The van der Waals surface area contributed by atoms with Gasteiger partial charge in [0.2, 0.25) is 5.91 Å². The van der Waals surface area contributed by atoms with Crippen molar-refractivity contribution in [3.8, 4) is 0 Å². The van der Waals surface area contributed by atoms with Crippen LogP contribution in [0.1, 0.15) is 25.0 Å². The molecule has 0 aliphatic carbocycles. The second-order valence-corrected chi connectivity index (χ2v) is 6.37. The number of piperidine rings is 1. The summed E-state index contributed by atoms with van der Waals surface area (Å²) in [6.07, 6.45) is 4.50. The lowest BCUT2D eigenvalue weighted by atomic mass is 9.97. The van der Waals surface area contributed by atoms with Gasteiger partial charge < -0.3 is 16.0 Å². The summed E-state index contributed by atoms with van der Waals surface area (Å²) in [5, 5.41) is 3.36. The predicted octanol–water partition coefficient (Wildman–Crippen LogP) is 1.33. The number of carbonyl (C=O) groups is 1. The molecule has 0 spiro atoms. The summed E-state index contributed by atoms with van der Waals surface area (Å²) in [5.74, 6) is 0.605. The number of nitrogens with two attached hydrogens (primary N) is 1. The van der Waals surface area contributed by atoms with Crippen LogP contribution in [0.3, 0.4) is 0 Å². The van der Waals surface area contributed by atoms with Crippen LogP contribution >= 0.6 is 0 Å². The molecule has 1 aliphatic rings. The third kappa shape index (κ3) is 3.97. The van der Waals surface area contributed by atoms with Crippen molar-refractivity contribution in [3.63, 3.8) is 0 Å². The van der Waals surface area contributed by atoms with E-state index < -0.39 is 0 Å². The average Bonchev–Trinajstić information content (AvgIpc) is 2.59. The number of hydrogen-bond acceptors (Lipinski definition) is 6. The van der Waals surface area contributed by atoms with E-state index in [2.05, 4.69) is 25.2 Å². The zero-order chi connectivity index (χ0) is 16.9. The van der Waals surface area contributed by atoms with Crippen LogP contribution in [0.15, 0.2) is 18.5 Å². The number of hydrogen-bond donors (Lipinski definition) is 2. The minimum atomic E-state index is -0.174. The van der Waals surface area contributed by atoms with E-state index in [0.717, 1.165) is 68.0 Å². The van der Waals surface area contributed by atoms with Gasteiger partial charge in [0, 0.05) is 18.8 Å². The second-order valence-electron chi connectivity index (χ2n) is 6.37. The van der Waals surface area contributed by atoms with E-state index in [0.29, 0.717) is 0 Å². The molecule has 1 atom stereocenters. The number of fused-ring (bicyclic) bond motifs is 1. The van der Waals surface area contributed by atoms with Gasteiger partial charge in [0.25, 0.3) is 0 Å². The van der Waals surface area contributed by atoms with Crippen molar-refractivity contribution in [2.45, 2.75) is 26.2 Å². The number of aryl methyl sites for hydroxylation is 1. The fourth-order valence-electron chi connectivity index (χ4n) is 3.17. The molecule has 3 rings (SSSR count). The smallest absolute Gasteiger partial charge is 0.221 e. The third-order valence-electron chi connectivity index (χ3n) is 4.47. The lowest BCUT2D eigenvalue weighted by Gasteiger charge is -2.31. The molecule has 3 N–H and O–H groups in total. The average molecular weight is 328 g/mol. The molecular weight excluding hydrogens is 304 g/mol. The molecule has 1 aliphatic heterocycles. The van der Waals surface area contributed by atoms with Gasteiger partial charge in [-0.2, -0.15) is 0 Å². The zero-order valence-corrected chi connectivity index (χ0v) is 14.0. The van der Waals surface area contributed by atoms with E-state index in [1.54, 1.807) is 6.33 Å². The number of nitrogens with zero attached hydrogens (tertiary/aromatic N) is 4. The van der Waals surface area contributed by atoms with Crippen LogP contribution in [-0.4, -0.2) is 51.9 Å². The van der Waals surface area contributed by atoms with Crippen LogP contribution in [0, 0.1) is 12.8 Å². The van der Waals surface area contributed by atoms with Crippen molar-refractivity contribution in [3.05, 3.63) is 24.2 Å². The fraction of sp³-hybridized carbons (Fsp3) is 0.529. The van der Waals surface area contributed by atoms with Gasteiger partial charge in [-0.05, 0) is 51.4 Å². The van der Waals surface area contributed by atoms with Gasteiger partial charge >= 0.3 is 0 Å². The molecule has 0 radical (unpaired) electrons. The normalized spacial score (nSPS) is 18.6. The Morgan fingerprint density at radius 2 is 2.29 bits per heavy atom. The van der Waals surface area contributed by atoms with Gasteiger partial charge in [0.1, 0.15) is 11.8 Å². The molecule has 1 saturated heterocycles. The molecule has 0 aromatic carbocycles. The van der Waals surface area contributed by atoms with E-state index in [9.17, 15) is 4.79 Å². The molecule has 2 aromatic rings. The summed E-state index contributed by atoms with van der Waals surface area (Å²) < 4.78 is 0. The van der Waals surface area contributed by atoms with Crippen molar-refractivity contribution in [2.24, 2.45) is 11.7 Å². The van der Waals surface area contributed by atoms with Gasteiger partial charge in [0.05, 0.1) is 11.4 Å². The van der Waals surface area contributed by atoms with Crippen molar-refractivity contribution in [1.29, 1.82) is 0 Å². The summed E-state index contributed by atoms with van der Waals surface area (Å²) in [4.78, 5) is 26.7. The lowest BCUT2D eigenvalue weighted by molar-refractivity contribution is -0.123. The molecule has 1 unspecified atom stereocenters. The van der Waals surface area contributed by atoms with Crippen LogP contribution in [0.25, 0.3) is 11.0 Å². The van der Waals surface area contributed by atoms with E-state index >= 15 is 0 Å². The number of aromatic nitrogens is 3. The van der Waals surface area contributed by atoms with E-state index in [4.69, 9.17) is 5.73 Å². The van der Waals surface area contributed by atoms with Gasteiger partial charge in [-0.3, -0.25) is 4.79 Å². The van der Waals surface area contributed by atoms with Crippen LogP contribution in [0.2, 0.25) is 0 Å².